The first-order valence-electron chi connectivity index (χ1n) is 6.96. The highest BCUT2D eigenvalue weighted by Gasteiger charge is 2.30. The molecule has 1 atom stereocenters. The van der Waals surface area contributed by atoms with Crippen molar-refractivity contribution in [3.63, 3.8) is 0 Å². The number of halogens is 1. The molecule has 1 aromatic rings. The molecule has 0 aliphatic rings. The molecule has 0 spiro atoms. The van der Waals surface area contributed by atoms with Crippen LogP contribution in [0, 0.1) is 17.2 Å². The predicted octanol–water partition coefficient (Wildman–Crippen LogP) is 2.67. The van der Waals surface area contributed by atoms with Gasteiger partial charge in [-0.15, -0.1) is 0 Å². The van der Waals surface area contributed by atoms with Crippen LogP contribution in [0.5, 0.6) is 5.75 Å². The number of rotatable bonds is 6. The van der Waals surface area contributed by atoms with Crippen LogP contribution >= 0.6 is 15.9 Å². The average molecular weight is 383 g/mol. The van der Waals surface area contributed by atoms with E-state index in [4.69, 9.17) is 14.7 Å². The summed E-state index contributed by atoms with van der Waals surface area (Å²) in [4.78, 5) is 23.8. The van der Waals surface area contributed by atoms with Crippen molar-refractivity contribution in [1.29, 1.82) is 5.26 Å². The fourth-order valence-electron chi connectivity index (χ4n) is 1.63. The molecule has 6 nitrogen and oxygen atoms in total. The van der Waals surface area contributed by atoms with E-state index in [1.807, 2.05) is 13.8 Å². The van der Waals surface area contributed by atoms with Gasteiger partial charge in [-0.05, 0) is 47.0 Å². The molecule has 7 heteroatoms. The summed E-state index contributed by atoms with van der Waals surface area (Å²) in [5.74, 6) is -0.652. The number of esters is 1. The van der Waals surface area contributed by atoms with Gasteiger partial charge in [0.2, 0.25) is 0 Å². The van der Waals surface area contributed by atoms with E-state index < -0.39 is 24.0 Å². The zero-order chi connectivity index (χ0) is 17.6. The Hall–Kier alpha value is -2.07. The third kappa shape index (κ3) is 4.96. The minimum atomic E-state index is -1.01. The number of methoxy groups -OCH3 is 1. The van der Waals surface area contributed by atoms with Crippen LogP contribution < -0.4 is 10.1 Å². The highest BCUT2D eigenvalue weighted by atomic mass is 79.9. The Morgan fingerprint density at radius 1 is 1.43 bits per heavy atom. The van der Waals surface area contributed by atoms with Gasteiger partial charge in [0.15, 0.2) is 6.61 Å². The molecule has 0 bridgehead atoms. The Morgan fingerprint density at radius 3 is 2.57 bits per heavy atom. The lowest BCUT2D eigenvalue weighted by molar-refractivity contribution is -0.125. The minimum Gasteiger partial charge on any atom is -0.496 e. The number of hydrogen-bond acceptors (Lipinski definition) is 5. The molecule has 1 rings (SSSR count). The van der Waals surface area contributed by atoms with Crippen molar-refractivity contribution in [3.05, 3.63) is 28.2 Å². The molecular weight excluding hydrogens is 364 g/mol. The Labute approximate surface area is 143 Å². The Kier molecular flexibility index (Phi) is 6.58. The van der Waals surface area contributed by atoms with Gasteiger partial charge in [0.05, 0.1) is 23.2 Å². The van der Waals surface area contributed by atoms with Gasteiger partial charge >= 0.3 is 5.97 Å². The minimum absolute atomic E-state index is 0.0790. The molecule has 0 fully saturated rings. The molecule has 0 aliphatic heterocycles. The van der Waals surface area contributed by atoms with Crippen molar-refractivity contribution < 1.29 is 19.1 Å². The average Bonchev–Trinajstić information content (AvgIpc) is 2.52. The number of amides is 1. The third-order valence-corrected chi connectivity index (χ3v) is 4.13. The van der Waals surface area contributed by atoms with Crippen LogP contribution in [0.4, 0.5) is 0 Å². The smallest absolute Gasteiger partial charge is 0.338 e. The van der Waals surface area contributed by atoms with E-state index in [2.05, 4.69) is 27.3 Å². The van der Waals surface area contributed by atoms with E-state index >= 15 is 0 Å². The highest BCUT2D eigenvalue weighted by Crippen LogP contribution is 2.25. The summed E-state index contributed by atoms with van der Waals surface area (Å²) in [7, 11) is 1.52. The van der Waals surface area contributed by atoms with Crippen molar-refractivity contribution in [3.8, 4) is 11.8 Å². The molecule has 1 amide bonds. The molecule has 0 aliphatic carbocycles. The number of ether oxygens (including phenoxy) is 2. The standard InChI is InChI=1S/C16H19BrN2O4/c1-10(2)16(3,9-18)19-14(20)8-23-15(21)11-5-6-13(22-4)12(17)7-11/h5-7,10H,8H2,1-4H3,(H,19,20)/t16-/m1/s1. The zero-order valence-corrected chi connectivity index (χ0v) is 15.1. The molecule has 0 saturated heterocycles. The first-order valence-corrected chi connectivity index (χ1v) is 7.75. The first kappa shape index (κ1) is 19.0. The van der Waals surface area contributed by atoms with E-state index in [9.17, 15) is 9.59 Å². The van der Waals surface area contributed by atoms with Gasteiger partial charge in [-0.1, -0.05) is 13.8 Å². The number of benzene rings is 1. The Bertz CT molecular complexity index is 639. The van der Waals surface area contributed by atoms with Gasteiger partial charge in [0.25, 0.3) is 5.91 Å². The van der Waals surface area contributed by atoms with E-state index in [1.165, 1.54) is 13.2 Å². The van der Waals surface area contributed by atoms with Crippen LogP contribution in [0.15, 0.2) is 22.7 Å². The quantitative estimate of drug-likeness (QED) is 0.763. The lowest BCUT2D eigenvalue weighted by Crippen LogP contribution is -2.50. The van der Waals surface area contributed by atoms with E-state index in [1.54, 1.807) is 19.1 Å². The lowest BCUT2D eigenvalue weighted by Gasteiger charge is -2.27. The van der Waals surface area contributed by atoms with Gasteiger partial charge in [0.1, 0.15) is 11.3 Å². The topological polar surface area (TPSA) is 88.4 Å². The molecule has 124 valence electrons. The first-order chi connectivity index (χ1) is 10.7. The van der Waals surface area contributed by atoms with Crippen LogP contribution in [0.1, 0.15) is 31.1 Å². The summed E-state index contributed by atoms with van der Waals surface area (Å²) in [5.41, 5.74) is -0.718. The Balaban J connectivity index is 2.64. The van der Waals surface area contributed by atoms with Gasteiger partial charge in [-0.25, -0.2) is 4.79 Å². The van der Waals surface area contributed by atoms with E-state index in [-0.39, 0.29) is 11.5 Å². The van der Waals surface area contributed by atoms with Crippen molar-refractivity contribution in [1.82, 2.24) is 5.32 Å². The van der Waals surface area contributed by atoms with Crippen LogP contribution in [0.3, 0.4) is 0 Å². The predicted molar refractivity (Wildman–Crippen MR) is 88.0 cm³/mol. The van der Waals surface area contributed by atoms with Crippen molar-refractivity contribution >= 4 is 27.8 Å². The number of nitrogens with zero attached hydrogens (tertiary/aromatic N) is 1. The summed E-state index contributed by atoms with van der Waals surface area (Å²) >= 11 is 3.27. The molecule has 0 radical (unpaired) electrons. The summed E-state index contributed by atoms with van der Waals surface area (Å²) in [5, 5.41) is 11.7. The second-order valence-electron chi connectivity index (χ2n) is 5.44. The molecule has 0 saturated carbocycles. The van der Waals surface area contributed by atoms with Crippen molar-refractivity contribution in [2.45, 2.75) is 26.3 Å². The fourth-order valence-corrected chi connectivity index (χ4v) is 2.18. The maximum absolute atomic E-state index is 11.9. The number of carbonyl (C=O) groups is 2. The summed E-state index contributed by atoms with van der Waals surface area (Å²) < 4.78 is 10.6. The van der Waals surface area contributed by atoms with Crippen LogP contribution in [0.25, 0.3) is 0 Å². The molecule has 1 aromatic carbocycles. The molecule has 23 heavy (non-hydrogen) atoms. The van der Waals surface area contributed by atoms with Crippen LogP contribution in [0.2, 0.25) is 0 Å². The number of nitriles is 1. The molecule has 1 N–H and O–H groups in total. The van der Waals surface area contributed by atoms with Gasteiger partial charge in [-0.2, -0.15) is 5.26 Å². The third-order valence-electron chi connectivity index (χ3n) is 3.51. The van der Waals surface area contributed by atoms with Crippen LogP contribution in [-0.4, -0.2) is 31.1 Å². The molecule has 0 unspecified atom stereocenters. The fraction of sp³-hybridized carbons (Fsp3) is 0.438. The molecule has 0 aromatic heterocycles. The van der Waals surface area contributed by atoms with Crippen molar-refractivity contribution in [2.24, 2.45) is 5.92 Å². The largest absolute Gasteiger partial charge is 0.496 e. The number of nitrogens with one attached hydrogen (secondary N) is 1. The monoisotopic (exact) mass is 382 g/mol. The van der Waals surface area contributed by atoms with Gasteiger partial charge < -0.3 is 14.8 Å². The van der Waals surface area contributed by atoms with Gasteiger partial charge in [0, 0.05) is 0 Å². The maximum atomic E-state index is 11.9. The van der Waals surface area contributed by atoms with Gasteiger partial charge in [-0.3, -0.25) is 4.79 Å². The van der Waals surface area contributed by atoms with Crippen LogP contribution in [-0.2, 0) is 9.53 Å². The second-order valence-corrected chi connectivity index (χ2v) is 6.30. The molecular formula is C16H19BrN2O4. The summed E-state index contributed by atoms with van der Waals surface area (Å²) in [6, 6.07) is 6.76. The van der Waals surface area contributed by atoms with E-state index in [0.717, 1.165) is 0 Å². The summed E-state index contributed by atoms with van der Waals surface area (Å²) in [6.07, 6.45) is 0. The number of carbonyl (C=O) groups excluding carboxylic acids is 2. The summed E-state index contributed by atoms with van der Waals surface area (Å²) in [6.45, 7) is 4.82. The second kappa shape index (κ2) is 7.97. The molecule has 0 heterocycles. The van der Waals surface area contributed by atoms with E-state index in [0.29, 0.717) is 10.2 Å². The SMILES string of the molecule is COc1ccc(C(=O)OCC(=O)N[C@](C)(C#N)C(C)C)cc1Br. The highest BCUT2D eigenvalue weighted by molar-refractivity contribution is 9.10. The normalized spacial score (nSPS) is 12.9. The van der Waals surface area contributed by atoms with Crippen molar-refractivity contribution in [2.75, 3.05) is 13.7 Å². The Morgan fingerprint density at radius 2 is 2.09 bits per heavy atom. The number of hydrogen-bond donors (Lipinski definition) is 1. The maximum Gasteiger partial charge on any atom is 0.338 e. The lowest BCUT2D eigenvalue weighted by atomic mass is 9.90. The zero-order valence-electron chi connectivity index (χ0n) is 13.5.